The fourth-order valence-corrected chi connectivity index (χ4v) is 6.21. The van der Waals surface area contributed by atoms with E-state index in [1.54, 1.807) is 11.3 Å². The Morgan fingerprint density at radius 2 is 1.05 bits per heavy atom. The summed E-state index contributed by atoms with van der Waals surface area (Å²) in [6.45, 7) is 0. The molecule has 5 aromatic carbocycles. The molecule has 3 aromatic heterocycles. The molecule has 0 aliphatic rings. The van der Waals surface area contributed by atoms with Crippen molar-refractivity contribution < 1.29 is 0 Å². The molecule has 5 heteroatoms. The zero-order valence-corrected chi connectivity index (χ0v) is 22.2. The lowest BCUT2D eigenvalue weighted by molar-refractivity contribution is 1.07. The van der Waals surface area contributed by atoms with Crippen LogP contribution in [0.4, 0.5) is 0 Å². The van der Waals surface area contributed by atoms with Gasteiger partial charge in [-0.05, 0) is 59.3 Å². The van der Waals surface area contributed by atoms with Gasteiger partial charge in [-0.15, -0.1) is 11.3 Å². The van der Waals surface area contributed by atoms with E-state index in [0.717, 1.165) is 22.4 Å². The second-order valence-electron chi connectivity index (χ2n) is 9.77. The van der Waals surface area contributed by atoms with Gasteiger partial charge in [0.25, 0.3) is 0 Å². The maximum Gasteiger partial charge on any atom is 0.164 e. The summed E-state index contributed by atoms with van der Waals surface area (Å²) in [6, 6.07) is 44.1. The van der Waals surface area contributed by atoms with E-state index in [2.05, 4.69) is 76.7 Å². The summed E-state index contributed by atoms with van der Waals surface area (Å²) in [7, 11) is 0. The quantitative estimate of drug-likeness (QED) is 0.228. The second-order valence-corrected chi connectivity index (χ2v) is 10.7. The predicted octanol–water partition coefficient (Wildman–Crippen LogP) is 9.18. The summed E-state index contributed by atoms with van der Waals surface area (Å²) < 4.78 is 3.66. The minimum atomic E-state index is 0.654. The molecule has 8 aromatic rings. The van der Waals surface area contributed by atoms with Crippen LogP contribution < -0.4 is 0 Å². The maximum atomic E-state index is 4.89. The van der Waals surface area contributed by atoms with Crippen molar-refractivity contribution in [2.45, 2.75) is 0 Å². The summed E-state index contributed by atoms with van der Waals surface area (Å²) in [4.78, 5) is 14.6. The molecule has 0 fully saturated rings. The van der Waals surface area contributed by atoms with Crippen LogP contribution in [0.5, 0.6) is 0 Å². The normalized spacial score (nSPS) is 11.5. The van der Waals surface area contributed by atoms with Gasteiger partial charge in [-0.3, -0.25) is 0 Å². The molecular weight excluding hydrogens is 508 g/mol. The van der Waals surface area contributed by atoms with Crippen molar-refractivity contribution in [1.82, 2.24) is 19.5 Å². The van der Waals surface area contributed by atoms with Crippen LogP contribution >= 0.6 is 11.3 Å². The maximum absolute atomic E-state index is 4.89. The fraction of sp³-hybridized carbons (Fsp3) is 0. The topological polar surface area (TPSA) is 43.6 Å². The zero-order valence-electron chi connectivity index (χ0n) is 21.4. The predicted molar refractivity (Wildman–Crippen MR) is 166 cm³/mol. The van der Waals surface area contributed by atoms with Gasteiger partial charge in [-0.25, -0.2) is 15.0 Å². The van der Waals surface area contributed by atoms with Crippen LogP contribution in [0.25, 0.3) is 71.7 Å². The van der Waals surface area contributed by atoms with Crippen LogP contribution in [0.15, 0.2) is 133 Å². The van der Waals surface area contributed by atoms with E-state index in [4.69, 9.17) is 15.0 Å². The molecule has 0 amide bonds. The Morgan fingerprint density at radius 3 is 1.70 bits per heavy atom. The zero-order chi connectivity index (χ0) is 26.5. The van der Waals surface area contributed by atoms with Crippen LogP contribution in [0.3, 0.4) is 0 Å². The van der Waals surface area contributed by atoms with Gasteiger partial charge < -0.3 is 4.57 Å². The Bertz CT molecular complexity index is 2090. The first kappa shape index (κ1) is 22.8. The summed E-state index contributed by atoms with van der Waals surface area (Å²) in [5.41, 5.74) is 6.38. The van der Waals surface area contributed by atoms with E-state index in [0.29, 0.717) is 17.5 Å². The Kier molecular flexibility index (Phi) is 5.28. The third-order valence-electron chi connectivity index (χ3n) is 7.33. The van der Waals surface area contributed by atoms with Gasteiger partial charge >= 0.3 is 0 Å². The summed E-state index contributed by atoms with van der Waals surface area (Å²) >= 11 is 1.79. The Balaban J connectivity index is 1.28. The highest BCUT2D eigenvalue weighted by atomic mass is 32.1. The van der Waals surface area contributed by atoms with Gasteiger partial charge in [0, 0.05) is 37.9 Å². The molecular formula is C35H22N4S. The first-order valence-corrected chi connectivity index (χ1v) is 14.1. The fourth-order valence-electron chi connectivity index (χ4n) is 5.40. The molecule has 0 radical (unpaired) electrons. The van der Waals surface area contributed by atoms with Gasteiger partial charge in [0.1, 0.15) is 0 Å². The summed E-state index contributed by atoms with van der Waals surface area (Å²) in [5.74, 6) is 1.98. The van der Waals surface area contributed by atoms with Crippen LogP contribution in [0.1, 0.15) is 0 Å². The molecule has 0 aliphatic heterocycles. The molecule has 0 N–H and O–H groups in total. The van der Waals surface area contributed by atoms with E-state index in [9.17, 15) is 0 Å². The lowest BCUT2D eigenvalue weighted by atomic mass is 10.1. The summed E-state index contributed by atoms with van der Waals surface area (Å²) in [6.07, 6.45) is 0. The smallest absolute Gasteiger partial charge is 0.164 e. The molecule has 0 saturated carbocycles. The second kappa shape index (κ2) is 9.26. The number of benzene rings is 5. The molecule has 3 heterocycles. The van der Waals surface area contributed by atoms with Crippen molar-refractivity contribution in [2.24, 2.45) is 0 Å². The van der Waals surface area contributed by atoms with Crippen LogP contribution in [0, 0.1) is 0 Å². The van der Waals surface area contributed by atoms with E-state index in [-0.39, 0.29) is 0 Å². The van der Waals surface area contributed by atoms with Crippen molar-refractivity contribution in [2.75, 3.05) is 0 Å². The van der Waals surface area contributed by atoms with Gasteiger partial charge in [-0.2, -0.15) is 0 Å². The van der Waals surface area contributed by atoms with Crippen LogP contribution in [-0.2, 0) is 0 Å². The Labute approximate surface area is 234 Å². The van der Waals surface area contributed by atoms with Gasteiger partial charge in [-0.1, -0.05) is 78.9 Å². The summed E-state index contributed by atoms with van der Waals surface area (Å²) in [5, 5.41) is 5.96. The van der Waals surface area contributed by atoms with Crippen molar-refractivity contribution in [1.29, 1.82) is 0 Å². The first-order valence-electron chi connectivity index (χ1n) is 13.2. The number of hydrogen-bond acceptors (Lipinski definition) is 4. The van der Waals surface area contributed by atoms with Crippen LogP contribution in [0.2, 0.25) is 0 Å². The van der Waals surface area contributed by atoms with Gasteiger partial charge in [0.15, 0.2) is 17.5 Å². The van der Waals surface area contributed by atoms with Gasteiger partial charge in [0.2, 0.25) is 0 Å². The highest BCUT2D eigenvalue weighted by Crippen LogP contribution is 2.36. The number of para-hydroxylation sites is 1. The minimum absolute atomic E-state index is 0.654. The third kappa shape index (κ3) is 3.79. The molecule has 0 bridgehead atoms. The number of hydrogen-bond donors (Lipinski definition) is 0. The first-order chi connectivity index (χ1) is 19.8. The van der Waals surface area contributed by atoms with Crippen molar-refractivity contribution in [3.63, 3.8) is 0 Å². The molecule has 0 spiro atoms. The molecule has 0 aliphatic carbocycles. The molecule has 40 heavy (non-hydrogen) atoms. The SMILES string of the molecule is c1ccc(-c2nc(-c3ccccc3)nc(-c3ccc(-n4c5ccccc5c5cc6sccc6cc54)cc3)n2)cc1. The van der Waals surface area contributed by atoms with E-state index in [1.165, 1.54) is 31.9 Å². The molecule has 188 valence electrons. The van der Waals surface area contributed by atoms with E-state index < -0.39 is 0 Å². The highest BCUT2D eigenvalue weighted by molar-refractivity contribution is 7.17. The molecule has 0 unspecified atom stereocenters. The molecule has 0 atom stereocenters. The molecule has 4 nitrogen and oxygen atoms in total. The average molecular weight is 531 g/mol. The number of nitrogens with zero attached hydrogens (tertiary/aromatic N) is 4. The molecule has 8 rings (SSSR count). The number of rotatable bonds is 4. The van der Waals surface area contributed by atoms with Crippen molar-refractivity contribution >= 4 is 43.2 Å². The van der Waals surface area contributed by atoms with E-state index in [1.807, 2.05) is 60.7 Å². The van der Waals surface area contributed by atoms with Crippen molar-refractivity contribution in [3.05, 3.63) is 133 Å². The Morgan fingerprint density at radius 1 is 0.475 bits per heavy atom. The third-order valence-corrected chi connectivity index (χ3v) is 8.21. The number of aromatic nitrogens is 4. The monoisotopic (exact) mass is 530 g/mol. The largest absolute Gasteiger partial charge is 0.309 e. The number of thiophene rings is 1. The van der Waals surface area contributed by atoms with Gasteiger partial charge in [0.05, 0.1) is 11.0 Å². The molecule has 0 saturated heterocycles. The Hall–Kier alpha value is -5.13. The lowest BCUT2D eigenvalue weighted by Gasteiger charge is -2.11. The van der Waals surface area contributed by atoms with E-state index >= 15 is 0 Å². The van der Waals surface area contributed by atoms with Crippen molar-refractivity contribution in [3.8, 4) is 39.9 Å². The van der Waals surface area contributed by atoms with Crippen LogP contribution in [-0.4, -0.2) is 19.5 Å². The highest BCUT2D eigenvalue weighted by Gasteiger charge is 2.15. The average Bonchev–Trinajstić information content (AvgIpc) is 3.62. The standard InChI is InChI=1S/C35H22N4S/c1-3-9-23(10-4-1)33-36-34(24-11-5-2-6-12-24)38-35(37-33)25-15-17-27(18-16-25)39-30-14-8-7-13-28(30)29-22-32-26(19-20-40-32)21-31(29)39/h1-22H. The minimum Gasteiger partial charge on any atom is -0.309 e. The number of fused-ring (bicyclic) bond motifs is 4. The lowest BCUT2D eigenvalue weighted by Crippen LogP contribution is -2.00.